The Hall–Kier alpha value is -1.09. The van der Waals surface area contributed by atoms with Crippen LogP contribution in [0.5, 0.6) is 0 Å². The van der Waals surface area contributed by atoms with Crippen LogP contribution in [0.15, 0.2) is 16.9 Å². The second-order valence-corrected chi connectivity index (χ2v) is 3.99. The number of aromatic amines is 1. The van der Waals surface area contributed by atoms with Gasteiger partial charge in [-0.25, -0.2) is 0 Å². The van der Waals surface area contributed by atoms with E-state index in [1.54, 1.807) is 0 Å². The molecule has 1 aliphatic carbocycles. The summed E-state index contributed by atoms with van der Waals surface area (Å²) < 4.78 is 0. The summed E-state index contributed by atoms with van der Waals surface area (Å²) in [7, 11) is 0. The molecule has 0 aromatic carbocycles. The fourth-order valence-electron chi connectivity index (χ4n) is 1.47. The van der Waals surface area contributed by atoms with Gasteiger partial charge < -0.3 is 10.7 Å². The predicted octanol–water partition coefficient (Wildman–Crippen LogP) is 0.885. The minimum Gasteiger partial charge on any atom is -0.326 e. The fraction of sp³-hybridized carbons (Fsp3) is 0.500. The topological polar surface area (TPSA) is 58.9 Å². The van der Waals surface area contributed by atoms with Crippen LogP contribution in [0.25, 0.3) is 0 Å². The third-order valence-corrected chi connectivity index (χ3v) is 2.86. The molecule has 1 fully saturated rings. The maximum absolute atomic E-state index is 11.4. The highest BCUT2D eigenvalue weighted by Crippen LogP contribution is 2.46. The second-order valence-electron chi connectivity index (χ2n) is 3.99. The smallest absolute Gasteiger partial charge is 0.252 e. The maximum Gasteiger partial charge on any atom is 0.252 e. The van der Waals surface area contributed by atoms with E-state index in [2.05, 4.69) is 11.9 Å². The summed E-state index contributed by atoms with van der Waals surface area (Å²) in [6, 6.07) is 3.81. The van der Waals surface area contributed by atoms with E-state index in [9.17, 15) is 4.79 Å². The normalized spacial score (nSPS) is 18.6. The molecule has 2 rings (SSSR count). The first-order valence-corrected chi connectivity index (χ1v) is 4.58. The van der Waals surface area contributed by atoms with Crippen LogP contribution >= 0.6 is 0 Å². The zero-order valence-corrected chi connectivity index (χ0v) is 7.76. The van der Waals surface area contributed by atoms with Crippen LogP contribution in [0.4, 0.5) is 0 Å². The van der Waals surface area contributed by atoms with Gasteiger partial charge in [0.1, 0.15) is 0 Å². The first-order chi connectivity index (χ1) is 6.15. The Bertz CT molecular complexity index is 377. The van der Waals surface area contributed by atoms with Crippen LogP contribution in [0, 0.1) is 0 Å². The Kier molecular flexibility index (Phi) is 1.77. The Morgan fingerprint density at radius 1 is 1.54 bits per heavy atom. The zero-order valence-electron chi connectivity index (χ0n) is 7.76. The van der Waals surface area contributed by atoms with E-state index in [0.717, 1.165) is 5.69 Å². The molecule has 0 unspecified atom stereocenters. The van der Waals surface area contributed by atoms with Crippen LogP contribution in [0.1, 0.15) is 31.0 Å². The summed E-state index contributed by atoms with van der Waals surface area (Å²) in [5, 5.41) is 0. The van der Waals surface area contributed by atoms with E-state index in [-0.39, 0.29) is 11.0 Å². The van der Waals surface area contributed by atoms with Crippen LogP contribution in [0.2, 0.25) is 0 Å². The maximum atomic E-state index is 11.4. The Labute approximate surface area is 77.0 Å². The third-order valence-electron chi connectivity index (χ3n) is 2.86. The number of hydrogen-bond acceptors (Lipinski definition) is 2. The van der Waals surface area contributed by atoms with Crippen molar-refractivity contribution in [2.45, 2.75) is 31.7 Å². The van der Waals surface area contributed by atoms with E-state index in [1.165, 1.54) is 12.8 Å². The van der Waals surface area contributed by atoms with Crippen molar-refractivity contribution >= 4 is 0 Å². The first-order valence-electron chi connectivity index (χ1n) is 4.58. The molecule has 3 nitrogen and oxygen atoms in total. The SMILES string of the molecule is CC1(c2ccc(CN)c(=O)[nH]2)CC1. The van der Waals surface area contributed by atoms with Gasteiger partial charge in [0.05, 0.1) is 0 Å². The second kappa shape index (κ2) is 2.70. The van der Waals surface area contributed by atoms with Crippen LogP contribution < -0.4 is 11.3 Å². The molecule has 0 radical (unpaired) electrons. The van der Waals surface area contributed by atoms with Gasteiger partial charge in [-0.3, -0.25) is 4.79 Å². The molecule has 0 amide bonds. The van der Waals surface area contributed by atoms with Crippen molar-refractivity contribution in [1.29, 1.82) is 0 Å². The highest BCUT2D eigenvalue weighted by atomic mass is 16.1. The van der Waals surface area contributed by atoms with Crippen LogP contribution in [0.3, 0.4) is 0 Å². The van der Waals surface area contributed by atoms with Crippen molar-refractivity contribution in [3.8, 4) is 0 Å². The van der Waals surface area contributed by atoms with Gasteiger partial charge in [-0.2, -0.15) is 0 Å². The van der Waals surface area contributed by atoms with Crippen molar-refractivity contribution < 1.29 is 0 Å². The highest BCUT2D eigenvalue weighted by molar-refractivity contribution is 5.25. The summed E-state index contributed by atoms with van der Waals surface area (Å²) in [4.78, 5) is 14.3. The van der Waals surface area contributed by atoms with Gasteiger partial charge in [-0.15, -0.1) is 0 Å². The fourth-order valence-corrected chi connectivity index (χ4v) is 1.47. The lowest BCUT2D eigenvalue weighted by Gasteiger charge is -2.08. The number of H-pyrrole nitrogens is 1. The molecule has 1 aromatic rings. The van der Waals surface area contributed by atoms with E-state index >= 15 is 0 Å². The number of pyridine rings is 1. The lowest BCUT2D eigenvalue weighted by molar-refractivity contribution is 0.741. The lowest BCUT2D eigenvalue weighted by Crippen LogP contribution is -2.19. The number of nitrogens with one attached hydrogen (secondary N) is 1. The molecule has 0 spiro atoms. The summed E-state index contributed by atoms with van der Waals surface area (Å²) in [6.45, 7) is 2.48. The van der Waals surface area contributed by atoms with Crippen molar-refractivity contribution in [3.05, 3.63) is 33.7 Å². The molecule has 0 bridgehead atoms. The number of hydrogen-bond donors (Lipinski definition) is 2. The molecule has 13 heavy (non-hydrogen) atoms. The minimum absolute atomic E-state index is 0.0341. The Morgan fingerprint density at radius 2 is 2.23 bits per heavy atom. The molecule has 0 saturated heterocycles. The van der Waals surface area contributed by atoms with Gasteiger partial charge in [-0.05, 0) is 18.9 Å². The van der Waals surface area contributed by atoms with Gasteiger partial charge >= 0.3 is 0 Å². The third kappa shape index (κ3) is 1.40. The average Bonchev–Trinajstić information content (AvgIpc) is 2.85. The monoisotopic (exact) mass is 178 g/mol. The predicted molar refractivity (Wildman–Crippen MR) is 51.5 cm³/mol. The van der Waals surface area contributed by atoms with Crippen molar-refractivity contribution in [3.63, 3.8) is 0 Å². The molecule has 1 heterocycles. The van der Waals surface area contributed by atoms with Gasteiger partial charge in [-0.1, -0.05) is 13.0 Å². The highest BCUT2D eigenvalue weighted by Gasteiger charge is 2.39. The van der Waals surface area contributed by atoms with Crippen LogP contribution in [-0.2, 0) is 12.0 Å². The van der Waals surface area contributed by atoms with Crippen molar-refractivity contribution in [2.24, 2.45) is 5.73 Å². The number of nitrogens with two attached hydrogens (primary N) is 1. The number of rotatable bonds is 2. The van der Waals surface area contributed by atoms with E-state index in [0.29, 0.717) is 12.1 Å². The number of aromatic nitrogens is 1. The summed E-state index contributed by atoms with van der Waals surface area (Å²) in [5.41, 5.74) is 7.31. The van der Waals surface area contributed by atoms with Crippen LogP contribution in [-0.4, -0.2) is 4.98 Å². The van der Waals surface area contributed by atoms with Gasteiger partial charge in [0.25, 0.3) is 5.56 Å². The molecule has 3 heteroatoms. The Morgan fingerprint density at radius 3 is 2.69 bits per heavy atom. The lowest BCUT2D eigenvalue weighted by atomic mass is 10.0. The largest absolute Gasteiger partial charge is 0.326 e. The summed E-state index contributed by atoms with van der Waals surface area (Å²) in [5.74, 6) is 0. The minimum atomic E-state index is -0.0341. The summed E-state index contributed by atoms with van der Waals surface area (Å²) in [6.07, 6.45) is 2.34. The molecule has 0 atom stereocenters. The molecule has 1 aliphatic rings. The molecular formula is C10H14N2O. The molecular weight excluding hydrogens is 164 g/mol. The molecule has 3 N–H and O–H groups in total. The van der Waals surface area contributed by atoms with Crippen molar-refractivity contribution in [2.75, 3.05) is 0 Å². The first kappa shape index (κ1) is 8.51. The van der Waals surface area contributed by atoms with Gasteiger partial charge in [0.2, 0.25) is 0 Å². The average molecular weight is 178 g/mol. The standard InChI is InChI=1S/C10H14N2O/c1-10(4-5-10)8-3-2-7(6-11)9(13)12-8/h2-3H,4-6,11H2,1H3,(H,12,13). The van der Waals surface area contributed by atoms with E-state index in [1.807, 2.05) is 12.1 Å². The quantitative estimate of drug-likeness (QED) is 0.706. The van der Waals surface area contributed by atoms with Gasteiger partial charge in [0, 0.05) is 23.2 Å². The van der Waals surface area contributed by atoms with E-state index in [4.69, 9.17) is 5.73 Å². The molecule has 70 valence electrons. The molecule has 1 aromatic heterocycles. The summed E-state index contributed by atoms with van der Waals surface area (Å²) >= 11 is 0. The van der Waals surface area contributed by atoms with Crippen molar-refractivity contribution in [1.82, 2.24) is 4.98 Å². The zero-order chi connectivity index (χ0) is 9.47. The van der Waals surface area contributed by atoms with E-state index < -0.39 is 0 Å². The van der Waals surface area contributed by atoms with Gasteiger partial charge in [0.15, 0.2) is 0 Å². The Balaban J connectivity index is 2.42. The molecule has 1 saturated carbocycles. The molecule has 0 aliphatic heterocycles.